The molecule has 0 aliphatic carbocycles. The van der Waals surface area contributed by atoms with Crippen molar-refractivity contribution in [3.63, 3.8) is 0 Å². The van der Waals surface area contributed by atoms with E-state index in [4.69, 9.17) is 21.8 Å². The Hall–Kier alpha value is -1.75. The number of rotatable bonds is 3. The van der Waals surface area contributed by atoms with Crippen molar-refractivity contribution in [2.24, 2.45) is 5.16 Å². The smallest absolute Gasteiger partial charge is 0.358 e. The number of aliphatic carboxylic acids is 1. The molecule has 0 spiro atoms. The minimum absolute atomic E-state index is 0.0533. The van der Waals surface area contributed by atoms with Crippen LogP contribution in [0.15, 0.2) is 23.4 Å². The van der Waals surface area contributed by atoms with Crippen molar-refractivity contribution in [2.45, 2.75) is 0 Å². The highest BCUT2D eigenvalue weighted by Gasteiger charge is 2.14. The van der Waals surface area contributed by atoms with Gasteiger partial charge in [-0.1, -0.05) is 16.8 Å². The molecule has 15 heavy (non-hydrogen) atoms. The zero-order valence-electron chi connectivity index (χ0n) is 7.77. The van der Waals surface area contributed by atoms with Crippen LogP contribution >= 0.6 is 11.6 Å². The van der Waals surface area contributed by atoms with Crippen LogP contribution in [0.1, 0.15) is 5.56 Å². The summed E-state index contributed by atoms with van der Waals surface area (Å²) in [7, 11) is 1.24. The van der Waals surface area contributed by atoms with Gasteiger partial charge < -0.3 is 15.1 Å². The minimum Gasteiger partial charge on any atom is -0.506 e. The summed E-state index contributed by atoms with van der Waals surface area (Å²) in [5.74, 6) is -1.36. The summed E-state index contributed by atoms with van der Waals surface area (Å²) >= 11 is 5.62. The highest BCUT2D eigenvalue weighted by atomic mass is 35.5. The van der Waals surface area contributed by atoms with Crippen molar-refractivity contribution < 1.29 is 19.8 Å². The standard InChI is InChI=1S/C9H8ClNO4/c1-15-11-8(9(13)14)5-2-3-7(12)6(10)4-5/h2-4,12H,1H3,(H,13,14). The van der Waals surface area contributed by atoms with Crippen molar-refractivity contribution >= 4 is 23.3 Å². The molecule has 0 atom stereocenters. The second-order valence-electron chi connectivity index (χ2n) is 2.59. The molecule has 0 amide bonds. The van der Waals surface area contributed by atoms with Gasteiger partial charge in [-0.15, -0.1) is 0 Å². The number of hydrogen-bond donors (Lipinski definition) is 2. The molecule has 0 saturated carbocycles. The van der Waals surface area contributed by atoms with Crippen LogP contribution in [-0.2, 0) is 9.63 Å². The van der Waals surface area contributed by atoms with Crippen molar-refractivity contribution in [2.75, 3.05) is 7.11 Å². The van der Waals surface area contributed by atoms with Crippen molar-refractivity contribution in [3.05, 3.63) is 28.8 Å². The van der Waals surface area contributed by atoms with E-state index in [2.05, 4.69) is 9.99 Å². The van der Waals surface area contributed by atoms with E-state index in [0.717, 1.165) is 0 Å². The van der Waals surface area contributed by atoms with Gasteiger partial charge in [0.15, 0.2) is 5.71 Å². The molecule has 1 aromatic carbocycles. The van der Waals surface area contributed by atoms with E-state index in [1.165, 1.54) is 25.3 Å². The SMILES string of the molecule is CON=C(C(=O)O)c1ccc(O)c(Cl)c1. The Labute approximate surface area is 90.5 Å². The average Bonchev–Trinajstić information content (AvgIpc) is 2.18. The Bertz CT molecular complexity index is 417. The van der Waals surface area contributed by atoms with Gasteiger partial charge in [-0.05, 0) is 18.2 Å². The largest absolute Gasteiger partial charge is 0.506 e. The molecule has 0 unspecified atom stereocenters. The van der Waals surface area contributed by atoms with Gasteiger partial charge in [-0.25, -0.2) is 4.79 Å². The Balaban J connectivity index is 3.19. The predicted octanol–water partition coefficient (Wildman–Crippen LogP) is 1.48. The number of carboxylic acids is 1. The van der Waals surface area contributed by atoms with E-state index in [1.807, 2.05) is 0 Å². The normalized spacial score (nSPS) is 11.2. The van der Waals surface area contributed by atoms with E-state index in [1.54, 1.807) is 0 Å². The molecule has 2 N–H and O–H groups in total. The van der Waals surface area contributed by atoms with Gasteiger partial charge in [-0.3, -0.25) is 0 Å². The molecular formula is C9H8ClNO4. The Morgan fingerprint density at radius 2 is 2.20 bits per heavy atom. The summed E-state index contributed by atoms with van der Waals surface area (Å²) in [6.07, 6.45) is 0. The minimum atomic E-state index is -1.24. The maximum Gasteiger partial charge on any atom is 0.358 e. The number of hydrogen-bond acceptors (Lipinski definition) is 4. The third kappa shape index (κ3) is 2.60. The van der Waals surface area contributed by atoms with E-state index >= 15 is 0 Å². The topological polar surface area (TPSA) is 79.1 Å². The Morgan fingerprint density at radius 1 is 1.53 bits per heavy atom. The zero-order chi connectivity index (χ0) is 11.4. The second-order valence-corrected chi connectivity index (χ2v) is 3.00. The van der Waals surface area contributed by atoms with E-state index in [-0.39, 0.29) is 22.0 Å². The van der Waals surface area contributed by atoms with Crippen molar-refractivity contribution in [3.8, 4) is 5.75 Å². The third-order valence-electron chi connectivity index (χ3n) is 1.61. The van der Waals surface area contributed by atoms with Crippen LogP contribution < -0.4 is 0 Å². The molecule has 1 rings (SSSR count). The van der Waals surface area contributed by atoms with Gasteiger partial charge in [0.2, 0.25) is 0 Å². The fourth-order valence-electron chi connectivity index (χ4n) is 0.961. The lowest BCUT2D eigenvalue weighted by atomic mass is 10.1. The summed E-state index contributed by atoms with van der Waals surface area (Å²) in [5, 5.41) is 21.3. The van der Waals surface area contributed by atoms with Crippen molar-refractivity contribution in [1.29, 1.82) is 0 Å². The maximum absolute atomic E-state index is 10.8. The summed E-state index contributed by atoms with van der Waals surface area (Å²) in [6.45, 7) is 0. The molecule has 0 aliphatic rings. The number of nitrogens with zero attached hydrogens (tertiary/aromatic N) is 1. The lowest BCUT2D eigenvalue weighted by Crippen LogP contribution is -2.14. The van der Waals surface area contributed by atoms with Crippen LogP contribution in [-0.4, -0.2) is 29.0 Å². The van der Waals surface area contributed by atoms with Gasteiger partial charge in [-0.2, -0.15) is 0 Å². The third-order valence-corrected chi connectivity index (χ3v) is 1.91. The molecule has 80 valence electrons. The van der Waals surface area contributed by atoms with Gasteiger partial charge >= 0.3 is 5.97 Å². The van der Waals surface area contributed by atoms with Crippen molar-refractivity contribution in [1.82, 2.24) is 0 Å². The number of halogens is 1. The number of oxime groups is 1. The summed E-state index contributed by atoms with van der Waals surface area (Å²) in [6, 6.07) is 3.96. The summed E-state index contributed by atoms with van der Waals surface area (Å²) < 4.78 is 0. The van der Waals surface area contributed by atoms with Gasteiger partial charge in [0, 0.05) is 5.56 Å². The molecule has 0 radical (unpaired) electrons. The summed E-state index contributed by atoms with van der Waals surface area (Å²) in [4.78, 5) is 15.2. The van der Waals surface area contributed by atoms with E-state index in [9.17, 15) is 4.79 Å². The Kier molecular flexibility index (Phi) is 3.51. The van der Waals surface area contributed by atoms with Gasteiger partial charge in [0.05, 0.1) is 5.02 Å². The van der Waals surface area contributed by atoms with Crippen LogP contribution in [0.25, 0.3) is 0 Å². The fourth-order valence-corrected chi connectivity index (χ4v) is 1.14. The van der Waals surface area contributed by atoms with Gasteiger partial charge in [0.25, 0.3) is 0 Å². The maximum atomic E-state index is 10.8. The zero-order valence-corrected chi connectivity index (χ0v) is 8.52. The van der Waals surface area contributed by atoms with Crippen LogP contribution in [0.3, 0.4) is 0 Å². The average molecular weight is 230 g/mol. The molecule has 0 aliphatic heterocycles. The highest BCUT2D eigenvalue weighted by molar-refractivity contribution is 6.43. The molecule has 6 heteroatoms. The first-order valence-corrected chi connectivity index (χ1v) is 4.27. The number of phenols is 1. The second kappa shape index (κ2) is 4.65. The molecule has 1 aromatic rings. The predicted molar refractivity (Wildman–Crippen MR) is 54.3 cm³/mol. The van der Waals surface area contributed by atoms with Crippen LogP contribution in [0, 0.1) is 0 Å². The lowest BCUT2D eigenvalue weighted by Gasteiger charge is -2.02. The first-order chi connectivity index (χ1) is 7.06. The molecule has 0 saturated heterocycles. The number of carboxylic acid groups (broad SMARTS) is 1. The summed E-state index contributed by atoms with van der Waals surface area (Å²) in [5.41, 5.74) is -0.0217. The fraction of sp³-hybridized carbons (Fsp3) is 0.111. The number of phenolic OH excluding ortho intramolecular Hbond substituents is 1. The molecule has 0 fully saturated rings. The molecule has 0 heterocycles. The molecule has 5 nitrogen and oxygen atoms in total. The molecular weight excluding hydrogens is 222 g/mol. The molecule has 0 bridgehead atoms. The van der Waals surface area contributed by atoms with E-state index < -0.39 is 5.97 Å². The highest BCUT2D eigenvalue weighted by Crippen LogP contribution is 2.24. The van der Waals surface area contributed by atoms with Crippen LogP contribution in [0.2, 0.25) is 5.02 Å². The Morgan fingerprint density at radius 3 is 2.67 bits per heavy atom. The first-order valence-electron chi connectivity index (χ1n) is 3.89. The number of carbonyl (C=O) groups is 1. The lowest BCUT2D eigenvalue weighted by molar-refractivity contribution is -0.129. The van der Waals surface area contributed by atoms with Gasteiger partial charge in [0.1, 0.15) is 12.9 Å². The monoisotopic (exact) mass is 229 g/mol. The van der Waals surface area contributed by atoms with E-state index in [0.29, 0.717) is 0 Å². The number of aromatic hydroxyl groups is 1. The number of benzene rings is 1. The molecule has 0 aromatic heterocycles. The quantitative estimate of drug-likeness (QED) is 0.608. The van der Waals surface area contributed by atoms with Crippen LogP contribution in [0.4, 0.5) is 0 Å². The van der Waals surface area contributed by atoms with Crippen LogP contribution in [0.5, 0.6) is 5.75 Å². The first kappa shape index (κ1) is 11.3.